The highest BCUT2D eigenvalue weighted by Crippen LogP contribution is 2.37. The van der Waals surface area contributed by atoms with Gasteiger partial charge in [-0.1, -0.05) is 12.6 Å². The largest absolute Gasteiger partial charge is 0.502 e. The Balaban J connectivity index is 2.53. The Morgan fingerprint density at radius 3 is 2.63 bits per heavy atom. The lowest BCUT2D eigenvalue weighted by atomic mass is 9.91. The Morgan fingerprint density at radius 1 is 1.33 bits per heavy atom. The van der Waals surface area contributed by atoms with Crippen LogP contribution in [0.1, 0.15) is 36.3 Å². The average molecular weight is 373 g/mol. The van der Waals surface area contributed by atoms with E-state index in [2.05, 4.69) is 6.58 Å². The molecule has 1 aromatic carbocycles. The van der Waals surface area contributed by atoms with Gasteiger partial charge in [0, 0.05) is 12.5 Å². The lowest BCUT2D eigenvalue weighted by Crippen LogP contribution is -2.18. The van der Waals surface area contributed by atoms with Gasteiger partial charge in [-0.25, -0.2) is 0 Å². The summed E-state index contributed by atoms with van der Waals surface area (Å²) in [4.78, 5) is 23.5. The predicted octanol–water partition coefficient (Wildman–Crippen LogP) is 2.62. The first kappa shape index (κ1) is 20.1. The van der Waals surface area contributed by atoms with E-state index in [0.717, 1.165) is 5.57 Å². The minimum absolute atomic E-state index is 0.0172. The van der Waals surface area contributed by atoms with Gasteiger partial charge in [0.25, 0.3) is 0 Å². The molecule has 0 saturated carbocycles. The molecular weight excluding hydrogens is 350 g/mol. The summed E-state index contributed by atoms with van der Waals surface area (Å²) in [6.45, 7) is 7.53. The molecule has 7 heteroatoms. The molecule has 27 heavy (non-hydrogen) atoms. The van der Waals surface area contributed by atoms with E-state index in [0.29, 0.717) is 29.4 Å². The molecule has 0 saturated heterocycles. The van der Waals surface area contributed by atoms with Crippen molar-refractivity contribution in [1.82, 2.24) is 0 Å². The minimum Gasteiger partial charge on any atom is -0.502 e. The van der Waals surface area contributed by atoms with Crippen LogP contribution in [0.25, 0.3) is 0 Å². The molecule has 2 aromatic rings. The molecule has 1 atom stereocenters. The molecular formula is C20H23NO6. The molecule has 1 aromatic heterocycles. The Hall–Kier alpha value is -3.22. The second-order valence-electron chi connectivity index (χ2n) is 6.31. The maximum Gasteiger partial charge on any atom is 0.227 e. The number of hydrogen-bond donors (Lipinski definition) is 2. The minimum atomic E-state index is -0.751. The van der Waals surface area contributed by atoms with Gasteiger partial charge in [-0.15, -0.1) is 0 Å². The number of amides is 1. The third-order valence-electron chi connectivity index (χ3n) is 3.86. The zero-order chi connectivity index (χ0) is 20.1. The molecule has 0 unspecified atom stereocenters. The summed E-state index contributed by atoms with van der Waals surface area (Å²) >= 11 is 0. The zero-order valence-electron chi connectivity index (χ0n) is 15.6. The number of nitrogens with two attached hydrogens (primary N) is 1. The van der Waals surface area contributed by atoms with Crippen LogP contribution in [0.3, 0.4) is 0 Å². The fraction of sp³-hybridized carbons (Fsp3) is 0.300. The average Bonchev–Trinajstić information content (AvgIpc) is 2.60. The number of carbonyl (C=O) groups is 1. The van der Waals surface area contributed by atoms with Gasteiger partial charge in [-0.2, -0.15) is 0 Å². The van der Waals surface area contributed by atoms with Crippen LogP contribution in [0.4, 0.5) is 0 Å². The van der Waals surface area contributed by atoms with Crippen LogP contribution >= 0.6 is 0 Å². The van der Waals surface area contributed by atoms with Crippen molar-refractivity contribution in [1.29, 1.82) is 0 Å². The van der Waals surface area contributed by atoms with Crippen molar-refractivity contribution < 1.29 is 23.8 Å². The lowest BCUT2D eigenvalue weighted by Gasteiger charge is -2.18. The first-order chi connectivity index (χ1) is 12.7. The van der Waals surface area contributed by atoms with Gasteiger partial charge < -0.3 is 24.7 Å². The van der Waals surface area contributed by atoms with Gasteiger partial charge in [0.05, 0.1) is 13.0 Å². The Bertz CT molecular complexity index is 915. The second-order valence-corrected chi connectivity index (χ2v) is 6.31. The molecule has 0 spiro atoms. The van der Waals surface area contributed by atoms with E-state index in [4.69, 9.17) is 19.6 Å². The monoisotopic (exact) mass is 373 g/mol. The second kappa shape index (κ2) is 8.44. The summed E-state index contributed by atoms with van der Waals surface area (Å²) < 4.78 is 16.5. The SMILES string of the molecule is C=C(C)COc1ccc([C@H](CC(N)=O)c2oc(C)cc(=O)c2O)cc1OC. The maximum atomic E-state index is 11.9. The van der Waals surface area contributed by atoms with E-state index in [1.54, 1.807) is 25.1 Å². The normalized spacial score (nSPS) is 11.7. The highest BCUT2D eigenvalue weighted by atomic mass is 16.5. The fourth-order valence-corrected chi connectivity index (χ4v) is 2.65. The Morgan fingerprint density at radius 2 is 2.04 bits per heavy atom. The van der Waals surface area contributed by atoms with E-state index in [1.807, 2.05) is 6.92 Å². The van der Waals surface area contributed by atoms with Crippen LogP contribution in [-0.2, 0) is 4.79 Å². The molecule has 2 rings (SSSR count). The van der Waals surface area contributed by atoms with Gasteiger partial charge in [0.1, 0.15) is 12.4 Å². The summed E-state index contributed by atoms with van der Waals surface area (Å²) in [6, 6.07) is 6.21. The summed E-state index contributed by atoms with van der Waals surface area (Å²) in [7, 11) is 1.49. The van der Waals surface area contributed by atoms with Gasteiger partial charge in [0.15, 0.2) is 17.3 Å². The maximum absolute atomic E-state index is 11.9. The van der Waals surface area contributed by atoms with Crippen molar-refractivity contribution in [3.63, 3.8) is 0 Å². The molecule has 3 N–H and O–H groups in total. The molecule has 1 amide bonds. The number of methoxy groups -OCH3 is 1. The van der Waals surface area contributed by atoms with Crippen LogP contribution in [0.2, 0.25) is 0 Å². The van der Waals surface area contributed by atoms with Crippen LogP contribution in [-0.4, -0.2) is 24.7 Å². The quantitative estimate of drug-likeness (QED) is 0.688. The third kappa shape index (κ3) is 4.91. The summed E-state index contributed by atoms with van der Waals surface area (Å²) in [5.41, 5.74) is 6.21. The number of ether oxygens (including phenoxy) is 2. The number of primary amides is 1. The number of aryl methyl sites for hydroxylation is 1. The smallest absolute Gasteiger partial charge is 0.227 e. The zero-order valence-corrected chi connectivity index (χ0v) is 15.6. The van der Waals surface area contributed by atoms with Gasteiger partial charge in [-0.05, 0) is 37.1 Å². The molecule has 1 heterocycles. The fourth-order valence-electron chi connectivity index (χ4n) is 2.65. The molecule has 0 fully saturated rings. The number of rotatable bonds is 8. The van der Waals surface area contributed by atoms with Crippen molar-refractivity contribution in [3.05, 3.63) is 63.7 Å². The predicted molar refractivity (Wildman–Crippen MR) is 100 cm³/mol. The lowest BCUT2D eigenvalue weighted by molar-refractivity contribution is -0.118. The van der Waals surface area contributed by atoms with E-state index in [1.165, 1.54) is 13.2 Å². The van der Waals surface area contributed by atoms with Crippen molar-refractivity contribution in [2.75, 3.05) is 13.7 Å². The van der Waals surface area contributed by atoms with E-state index >= 15 is 0 Å². The first-order valence-corrected chi connectivity index (χ1v) is 8.30. The molecule has 0 radical (unpaired) electrons. The Labute approximate surface area is 157 Å². The Kier molecular flexibility index (Phi) is 6.28. The van der Waals surface area contributed by atoms with Gasteiger partial charge in [0.2, 0.25) is 17.1 Å². The molecule has 0 aliphatic heterocycles. The van der Waals surface area contributed by atoms with Crippen molar-refractivity contribution in [2.45, 2.75) is 26.2 Å². The summed E-state index contributed by atoms with van der Waals surface area (Å²) in [5, 5.41) is 10.2. The molecule has 144 valence electrons. The third-order valence-corrected chi connectivity index (χ3v) is 3.86. The molecule has 0 bridgehead atoms. The number of hydrogen-bond acceptors (Lipinski definition) is 6. The van der Waals surface area contributed by atoms with Crippen LogP contribution < -0.4 is 20.6 Å². The van der Waals surface area contributed by atoms with Crippen LogP contribution in [0.15, 0.2) is 45.6 Å². The van der Waals surface area contributed by atoms with E-state index < -0.39 is 23.0 Å². The number of carbonyl (C=O) groups excluding carboxylic acids is 1. The van der Waals surface area contributed by atoms with Crippen molar-refractivity contribution >= 4 is 5.91 Å². The van der Waals surface area contributed by atoms with Crippen LogP contribution in [0, 0.1) is 6.92 Å². The van der Waals surface area contributed by atoms with E-state index in [9.17, 15) is 14.7 Å². The first-order valence-electron chi connectivity index (χ1n) is 8.30. The van der Waals surface area contributed by atoms with Crippen LogP contribution in [0.5, 0.6) is 17.2 Å². The van der Waals surface area contributed by atoms with Gasteiger partial charge in [-0.3, -0.25) is 9.59 Å². The van der Waals surface area contributed by atoms with Crippen molar-refractivity contribution in [3.8, 4) is 17.2 Å². The highest BCUT2D eigenvalue weighted by molar-refractivity contribution is 5.75. The summed E-state index contributed by atoms with van der Waals surface area (Å²) in [6.07, 6.45) is -0.158. The molecule has 7 nitrogen and oxygen atoms in total. The number of benzene rings is 1. The molecule has 0 aliphatic carbocycles. The molecule has 0 aliphatic rings. The highest BCUT2D eigenvalue weighted by Gasteiger charge is 2.26. The number of aromatic hydroxyl groups is 1. The van der Waals surface area contributed by atoms with Gasteiger partial charge >= 0.3 is 0 Å². The summed E-state index contributed by atoms with van der Waals surface area (Å²) in [5.74, 6) is -0.681. The van der Waals surface area contributed by atoms with E-state index in [-0.39, 0.29) is 12.2 Å². The standard InChI is InChI=1S/C20H23NO6/c1-11(2)10-26-16-6-5-13(8-17(16)25-4)14(9-18(21)23)20-19(24)15(22)7-12(3)27-20/h5-8,14,24H,1,9-10H2,2-4H3,(H2,21,23)/t14-/m0/s1. The topological polar surface area (TPSA) is 112 Å². The van der Waals surface area contributed by atoms with Crippen molar-refractivity contribution in [2.24, 2.45) is 5.73 Å².